The quantitative estimate of drug-likeness (QED) is 0.775. The maximum absolute atomic E-state index is 8.90. The number of aliphatic hydroxyl groups excluding tert-OH is 1. The standard InChI is InChI=1S/C16H18ClNO2S/c1-20-16-10-15(13(17)11-18-16)21-14-8-3-2-6-12(14)7-4-5-9-19/h2-3,6,8,10-11,19H,4-5,7,9H2,1H3. The molecule has 2 aromatic rings. The van der Waals surface area contributed by atoms with E-state index in [-0.39, 0.29) is 6.61 Å². The lowest BCUT2D eigenvalue weighted by Crippen LogP contribution is -1.92. The van der Waals surface area contributed by atoms with E-state index in [1.54, 1.807) is 25.1 Å². The van der Waals surface area contributed by atoms with E-state index >= 15 is 0 Å². The van der Waals surface area contributed by atoms with Gasteiger partial charge in [-0.3, -0.25) is 0 Å². The number of nitrogens with zero attached hydrogens (tertiary/aromatic N) is 1. The molecule has 0 saturated heterocycles. The number of ether oxygens (including phenoxy) is 1. The predicted molar refractivity (Wildman–Crippen MR) is 86.4 cm³/mol. The van der Waals surface area contributed by atoms with Crippen molar-refractivity contribution in [2.24, 2.45) is 0 Å². The molecule has 0 spiro atoms. The van der Waals surface area contributed by atoms with Crippen LogP contribution in [0.2, 0.25) is 5.02 Å². The third kappa shape index (κ3) is 4.63. The van der Waals surface area contributed by atoms with Gasteiger partial charge < -0.3 is 9.84 Å². The van der Waals surface area contributed by atoms with Gasteiger partial charge >= 0.3 is 0 Å². The summed E-state index contributed by atoms with van der Waals surface area (Å²) in [6.07, 6.45) is 4.35. The first kappa shape index (κ1) is 16.1. The van der Waals surface area contributed by atoms with Gasteiger partial charge in [-0.15, -0.1) is 0 Å². The Hall–Kier alpha value is -1.23. The molecule has 0 aliphatic carbocycles. The van der Waals surface area contributed by atoms with Crippen LogP contribution in [0.3, 0.4) is 0 Å². The first-order valence-corrected chi connectivity index (χ1v) is 8.00. The highest BCUT2D eigenvalue weighted by Gasteiger charge is 2.09. The summed E-state index contributed by atoms with van der Waals surface area (Å²) >= 11 is 7.82. The second-order valence-electron chi connectivity index (χ2n) is 4.55. The van der Waals surface area contributed by atoms with E-state index < -0.39 is 0 Å². The number of aliphatic hydroxyl groups is 1. The van der Waals surface area contributed by atoms with Gasteiger partial charge in [-0.05, 0) is 30.9 Å². The molecule has 0 amide bonds. The van der Waals surface area contributed by atoms with Crippen molar-refractivity contribution in [2.45, 2.75) is 29.1 Å². The van der Waals surface area contributed by atoms with Crippen LogP contribution in [-0.2, 0) is 6.42 Å². The molecule has 3 nitrogen and oxygen atoms in total. The van der Waals surface area contributed by atoms with Crippen LogP contribution in [0.25, 0.3) is 0 Å². The van der Waals surface area contributed by atoms with Crippen molar-refractivity contribution in [1.82, 2.24) is 4.98 Å². The zero-order chi connectivity index (χ0) is 15.1. The summed E-state index contributed by atoms with van der Waals surface area (Å²) in [5, 5.41) is 9.52. The van der Waals surface area contributed by atoms with Crippen LogP contribution >= 0.6 is 23.4 Å². The highest BCUT2D eigenvalue weighted by molar-refractivity contribution is 7.99. The average Bonchev–Trinajstić information content (AvgIpc) is 2.51. The summed E-state index contributed by atoms with van der Waals surface area (Å²) in [5.41, 5.74) is 1.27. The Labute approximate surface area is 134 Å². The van der Waals surface area contributed by atoms with E-state index in [0.717, 1.165) is 24.2 Å². The Morgan fingerprint density at radius 2 is 2.05 bits per heavy atom. The molecule has 0 aliphatic heterocycles. The average molecular weight is 324 g/mol. The number of aromatic nitrogens is 1. The van der Waals surface area contributed by atoms with Crippen molar-refractivity contribution in [2.75, 3.05) is 13.7 Å². The van der Waals surface area contributed by atoms with Crippen molar-refractivity contribution in [3.8, 4) is 5.88 Å². The summed E-state index contributed by atoms with van der Waals surface area (Å²) in [7, 11) is 1.59. The summed E-state index contributed by atoms with van der Waals surface area (Å²) < 4.78 is 5.15. The zero-order valence-electron chi connectivity index (χ0n) is 11.9. The highest BCUT2D eigenvalue weighted by atomic mass is 35.5. The Balaban J connectivity index is 2.19. The minimum atomic E-state index is 0.239. The molecule has 1 N–H and O–H groups in total. The number of hydrogen-bond donors (Lipinski definition) is 1. The molecule has 0 aliphatic rings. The van der Waals surface area contributed by atoms with Crippen LogP contribution in [0.4, 0.5) is 0 Å². The first-order valence-electron chi connectivity index (χ1n) is 6.80. The maximum atomic E-state index is 8.90. The highest BCUT2D eigenvalue weighted by Crippen LogP contribution is 2.36. The molecule has 0 radical (unpaired) electrons. The Morgan fingerprint density at radius 3 is 2.81 bits per heavy atom. The second kappa shape index (κ2) is 8.27. The third-order valence-corrected chi connectivity index (χ3v) is 4.64. The Bertz CT molecular complexity index is 592. The minimum Gasteiger partial charge on any atom is -0.481 e. The van der Waals surface area contributed by atoms with Crippen LogP contribution in [0.1, 0.15) is 18.4 Å². The van der Waals surface area contributed by atoms with E-state index in [4.69, 9.17) is 21.4 Å². The molecule has 0 atom stereocenters. The lowest BCUT2D eigenvalue weighted by molar-refractivity contribution is 0.284. The Kier molecular flexibility index (Phi) is 6.36. The van der Waals surface area contributed by atoms with E-state index in [2.05, 4.69) is 17.1 Å². The second-order valence-corrected chi connectivity index (χ2v) is 6.04. The lowest BCUT2D eigenvalue weighted by atomic mass is 10.1. The van der Waals surface area contributed by atoms with Crippen LogP contribution in [0.15, 0.2) is 46.3 Å². The molecule has 21 heavy (non-hydrogen) atoms. The van der Waals surface area contributed by atoms with Crippen LogP contribution < -0.4 is 4.74 Å². The molecule has 1 aromatic carbocycles. The maximum Gasteiger partial charge on any atom is 0.214 e. The number of aryl methyl sites for hydroxylation is 1. The SMILES string of the molecule is COc1cc(Sc2ccccc2CCCCO)c(Cl)cn1. The largest absolute Gasteiger partial charge is 0.481 e. The fraction of sp³-hybridized carbons (Fsp3) is 0.312. The summed E-state index contributed by atoms with van der Waals surface area (Å²) in [5.74, 6) is 0.555. The van der Waals surface area contributed by atoms with Gasteiger partial charge in [0.15, 0.2) is 0 Å². The molecule has 0 saturated carbocycles. The fourth-order valence-electron chi connectivity index (χ4n) is 1.95. The van der Waals surface area contributed by atoms with Crippen molar-refractivity contribution in [3.63, 3.8) is 0 Å². The number of hydrogen-bond acceptors (Lipinski definition) is 4. The molecular formula is C16H18ClNO2S. The predicted octanol–water partition coefficient (Wildman–Crippen LogP) is 4.21. The molecule has 1 heterocycles. The number of halogens is 1. The lowest BCUT2D eigenvalue weighted by Gasteiger charge is -2.10. The monoisotopic (exact) mass is 323 g/mol. The van der Waals surface area contributed by atoms with Gasteiger partial charge in [0, 0.05) is 22.5 Å². The topological polar surface area (TPSA) is 42.4 Å². The molecule has 0 bridgehead atoms. The molecular weight excluding hydrogens is 306 g/mol. The molecule has 1 aromatic heterocycles. The van der Waals surface area contributed by atoms with Gasteiger partial charge in [-0.2, -0.15) is 0 Å². The third-order valence-electron chi connectivity index (χ3n) is 3.05. The molecule has 0 fully saturated rings. The molecule has 5 heteroatoms. The summed E-state index contributed by atoms with van der Waals surface area (Å²) in [6.45, 7) is 0.239. The van der Waals surface area contributed by atoms with Gasteiger partial charge in [0.1, 0.15) is 0 Å². The van der Waals surface area contributed by atoms with Gasteiger partial charge in [-0.1, -0.05) is 41.6 Å². The zero-order valence-corrected chi connectivity index (χ0v) is 13.5. The van der Waals surface area contributed by atoms with Gasteiger partial charge in [0.25, 0.3) is 0 Å². The number of unbranched alkanes of at least 4 members (excludes halogenated alkanes) is 1. The first-order chi connectivity index (χ1) is 10.2. The van der Waals surface area contributed by atoms with Crippen molar-refractivity contribution >= 4 is 23.4 Å². The normalized spacial score (nSPS) is 10.6. The van der Waals surface area contributed by atoms with Crippen molar-refractivity contribution in [3.05, 3.63) is 47.1 Å². The summed E-state index contributed by atoms with van der Waals surface area (Å²) in [4.78, 5) is 6.19. The fourth-order valence-corrected chi connectivity index (χ4v) is 3.16. The molecule has 112 valence electrons. The van der Waals surface area contributed by atoms with Crippen molar-refractivity contribution in [1.29, 1.82) is 0 Å². The van der Waals surface area contributed by atoms with E-state index in [1.807, 2.05) is 18.2 Å². The van der Waals surface area contributed by atoms with Gasteiger partial charge in [-0.25, -0.2) is 4.98 Å². The van der Waals surface area contributed by atoms with Crippen molar-refractivity contribution < 1.29 is 9.84 Å². The van der Waals surface area contributed by atoms with E-state index in [0.29, 0.717) is 10.9 Å². The number of pyridine rings is 1. The van der Waals surface area contributed by atoms with Crippen LogP contribution in [0, 0.1) is 0 Å². The number of rotatable bonds is 7. The number of methoxy groups -OCH3 is 1. The summed E-state index contributed by atoms with van der Waals surface area (Å²) in [6, 6.07) is 10.1. The van der Waals surface area contributed by atoms with Crippen LogP contribution in [0.5, 0.6) is 5.88 Å². The molecule has 0 unspecified atom stereocenters. The van der Waals surface area contributed by atoms with E-state index in [9.17, 15) is 0 Å². The minimum absolute atomic E-state index is 0.239. The van der Waals surface area contributed by atoms with Crippen LogP contribution in [-0.4, -0.2) is 23.8 Å². The Morgan fingerprint density at radius 1 is 1.24 bits per heavy atom. The smallest absolute Gasteiger partial charge is 0.214 e. The van der Waals surface area contributed by atoms with Gasteiger partial charge in [0.05, 0.1) is 18.3 Å². The number of benzene rings is 1. The van der Waals surface area contributed by atoms with E-state index in [1.165, 1.54) is 10.5 Å². The molecule has 2 rings (SSSR count). The van der Waals surface area contributed by atoms with Gasteiger partial charge in [0.2, 0.25) is 5.88 Å².